The van der Waals surface area contributed by atoms with Gasteiger partial charge in [-0.2, -0.15) is 0 Å². The minimum Gasteiger partial charge on any atom is -0.481 e. The van der Waals surface area contributed by atoms with Gasteiger partial charge >= 0.3 is 17.9 Å². The topological polar surface area (TPSA) is 300 Å². The predicted molar refractivity (Wildman–Crippen MR) is 198 cm³/mol. The van der Waals surface area contributed by atoms with E-state index in [9.17, 15) is 47.5 Å². The minimum absolute atomic E-state index is 0.157. The highest BCUT2D eigenvalue weighted by molar-refractivity contribution is 5.96. The van der Waals surface area contributed by atoms with Crippen LogP contribution in [0, 0.1) is 5.82 Å². The molecule has 0 aliphatic rings. The van der Waals surface area contributed by atoms with Crippen LogP contribution in [-0.4, -0.2) is 99.4 Å². The molecular formula is C38H43FN6O12. The summed E-state index contributed by atoms with van der Waals surface area (Å²) in [6.45, 7) is -0.801. The molecule has 18 nitrogen and oxygen atoms in total. The number of primary amides is 1. The van der Waals surface area contributed by atoms with Crippen molar-refractivity contribution in [3.63, 3.8) is 0 Å². The molecular weight excluding hydrogens is 751 g/mol. The van der Waals surface area contributed by atoms with Crippen molar-refractivity contribution in [2.75, 3.05) is 6.54 Å². The van der Waals surface area contributed by atoms with Crippen molar-refractivity contribution in [1.82, 2.24) is 26.6 Å². The van der Waals surface area contributed by atoms with Crippen molar-refractivity contribution in [1.29, 1.82) is 0 Å². The quantitative estimate of drug-likeness (QED) is 0.0608. The van der Waals surface area contributed by atoms with Gasteiger partial charge in [-0.15, -0.1) is 0 Å². The van der Waals surface area contributed by atoms with E-state index in [4.69, 9.17) is 21.1 Å². The number of carbonyl (C=O) groups excluding carboxylic acids is 6. The number of carboxylic acids is 3. The molecule has 0 spiro atoms. The molecule has 3 rings (SSSR count). The molecule has 3 aromatic carbocycles. The van der Waals surface area contributed by atoms with Crippen LogP contribution in [0.3, 0.4) is 0 Å². The molecule has 4 atom stereocenters. The van der Waals surface area contributed by atoms with Gasteiger partial charge in [0.1, 0.15) is 30.0 Å². The summed E-state index contributed by atoms with van der Waals surface area (Å²) in [4.78, 5) is 111. The van der Waals surface area contributed by atoms with Gasteiger partial charge < -0.3 is 47.6 Å². The third-order valence-corrected chi connectivity index (χ3v) is 8.51. The van der Waals surface area contributed by atoms with Crippen molar-refractivity contribution in [3.05, 3.63) is 83.7 Å². The average Bonchev–Trinajstić information content (AvgIpc) is 3.15. The fourth-order valence-corrected chi connectivity index (χ4v) is 5.67. The number of aliphatic carboxylic acids is 3. The zero-order valence-electron chi connectivity index (χ0n) is 30.5. The number of fused-ring (bicyclic) bond motifs is 1. The molecule has 10 N–H and O–H groups in total. The van der Waals surface area contributed by atoms with E-state index in [1.54, 1.807) is 30.3 Å². The number of carbonyl (C=O) groups is 9. The van der Waals surface area contributed by atoms with Crippen LogP contribution in [0.4, 0.5) is 4.39 Å². The van der Waals surface area contributed by atoms with Crippen LogP contribution in [0.15, 0.2) is 66.7 Å². The number of benzene rings is 3. The van der Waals surface area contributed by atoms with Crippen LogP contribution in [0.1, 0.15) is 49.7 Å². The largest absolute Gasteiger partial charge is 0.481 e. The molecule has 0 saturated heterocycles. The van der Waals surface area contributed by atoms with Gasteiger partial charge in [0, 0.05) is 32.1 Å². The van der Waals surface area contributed by atoms with Gasteiger partial charge in [-0.1, -0.05) is 54.6 Å². The molecule has 0 aliphatic carbocycles. The van der Waals surface area contributed by atoms with Gasteiger partial charge in [-0.05, 0) is 46.9 Å². The summed E-state index contributed by atoms with van der Waals surface area (Å²) in [6.07, 6.45) is -3.37. The maximum atomic E-state index is 14.2. The summed E-state index contributed by atoms with van der Waals surface area (Å²) in [5.41, 5.74) is 6.28. The maximum absolute atomic E-state index is 14.2. The zero-order valence-corrected chi connectivity index (χ0v) is 30.5. The lowest BCUT2D eigenvalue weighted by Crippen LogP contribution is -2.58. The van der Waals surface area contributed by atoms with Gasteiger partial charge in [0.05, 0.1) is 13.0 Å². The van der Waals surface area contributed by atoms with E-state index < -0.39 is 122 Å². The molecule has 19 heteroatoms. The smallest absolute Gasteiger partial charge is 0.303 e. The van der Waals surface area contributed by atoms with Gasteiger partial charge in [0.15, 0.2) is 0 Å². The lowest BCUT2D eigenvalue weighted by atomic mass is 9.97. The molecule has 304 valence electrons. The first-order valence-electron chi connectivity index (χ1n) is 17.6. The normalized spacial score (nSPS) is 12.9. The van der Waals surface area contributed by atoms with E-state index in [1.807, 2.05) is 12.1 Å². The summed E-state index contributed by atoms with van der Waals surface area (Å²) >= 11 is 0. The standard InChI is InChI=1S/C38H43FN6O12/c39-24-9-3-5-21(17-24)18-28(43-31(47)20-41-36(55)27(12-15-33(50)51)42-30(46)13-16-34(52)53)37(56)45-29(38(57)44-26(35(40)54)11-14-32(48)49)19-23-8-4-7-22-6-1-2-10-25(22)23/h1-10,17,26-29H,11-16,18-20H2,(H2,40,54)(H,41,55)(H,42,46)(H,43,47)(H,44,57)(H,45,56)(H,48,49)(H,50,51)(H,52,53)/t26-,27-,28-,29-/m0/s1. The summed E-state index contributed by atoms with van der Waals surface area (Å²) in [5, 5.41) is 40.4. The Balaban J connectivity index is 1.87. The van der Waals surface area contributed by atoms with Gasteiger partial charge in [0.2, 0.25) is 35.4 Å². The lowest BCUT2D eigenvalue weighted by molar-refractivity contribution is -0.139. The molecule has 3 aromatic rings. The Morgan fingerprint density at radius 1 is 0.579 bits per heavy atom. The van der Waals surface area contributed by atoms with Crippen molar-refractivity contribution in [2.24, 2.45) is 5.73 Å². The highest BCUT2D eigenvalue weighted by Crippen LogP contribution is 2.20. The first-order valence-corrected chi connectivity index (χ1v) is 17.6. The summed E-state index contributed by atoms with van der Waals surface area (Å²) in [6, 6.07) is 11.7. The van der Waals surface area contributed by atoms with E-state index in [1.165, 1.54) is 12.1 Å². The Morgan fingerprint density at radius 2 is 1.14 bits per heavy atom. The first kappa shape index (κ1) is 44.5. The van der Waals surface area contributed by atoms with E-state index in [0.29, 0.717) is 5.56 Å². The number of hydrogen-bond acceptors (Lipinski definition) is 9. The molecule has 57 heavy (non-hydrogen) atoms. The average molecular weight is 795 g/mol. The Morgan fingerprint density at radius 3 is 1.77 bits per heavy atom. The first-order chi connectivity index (χ1) is 27.0. The van der Waals surface area contributed by atoms with Crippen molar-refractivity contribution in [3.8, 4) is 0 Å². The summed E-state index contributed by atoms with van der Waals surface area (Å²) in [5.74, 6) is -10.2. The van der Waals surface area contributed by atoms with E-state index in [0.717, 1.165) is 22.9 Å². The van der Waals surface area contributed by atoms with E-state index in [2.05, 4.69) is 26.6 Å². The molecule has 0 saturated carbocycles. The number of nitrogens with one attached hydrogen (secondary N) is 5. The second-order valence-electron chi connectivity index (χ2n) is 12.9. The number of carboxylic acid groups (broad SMARTS) is 3. The number of hydrogen-bond donors (Lipinski definition) is 9. The Bertz CT molecular complexity index is 1990. The SMILES string of the molecule is NC(=O)[C@H](CCC(=O)O)NC(=O)[C@H](Cc1cccc2ccccc12)NC(=O)[C@H](Cc1cccc(F)c1)NC(=O)CNC(=O)[C@H](CCC(=O)O)NC(=O)CCC(=O)O. The molecule has 6 amide bonds. The van der Waals surface area contributed by atoms with Gasteiger partial charge in [-0.25, -0.2) is 4.39 Å². The molecule has 0 unspecified atom stereocenters. The minimum atomic E-state index is -1.52. The molecule has 0 aliphatic heterocycles. The third kappa shape index (κ3) is 15.4. The van der Waals surface area contributed by atoms with Gasteiger partial charge in [-0.3, -0.25) is 43.2 Å². The molecule has 0 fully saturated rings. The second kappa shape index (κ2) is 21.8. The van der Waals surface area contributed by atoms with Crippen LogP contribution in [-0.2, 0) is 56.0 Å². The van der Waals surface area contributed by atoms with Crippen molar-refractivity contribution < 1.29 is 62.9 Å². The Kier molecular flexibility index (Phi) is 17.0. The molecule has 0 heterocycles. The summed E-state index contributed by atoms with van der Waals surface area (Å²) < 4.78 is 14.2. The fourth-order valence-electron chi connectivity index (χ4n) is 5.67. The molecule has 0 aromatic heterocycles. The Hall–Kier alpha value is -6.92. The van der Waals surface area contributed by atoms with E-state index >= 15 is 0 Å². The molecule has 0 radical (unpaired) electrons. The van der Waals surface area contributed by atoms with Crippen LogP contribution >= 0.6 is 0 Å². The fraction of sp³-hybridized carbons (Fsp3) is 0.342. The monoisotopic (exact) mass is 794 g/mol. The highest BCUT2D eigenvalue weighted by Gasteiger charge is 2.31. The maximum Gasteiger partial charge on any atom is 0.303 e. The zero-order chi connectivity index (χ0) is 42.1. The number of nitrogens with two attached hydrogens (primary N) is 1. The Labute approximate surface area is 324 Å². The van der Waals surface area contributed by atoms with E-state index in [-0.39, 0.29) is 24.8 Å². The van der Waals surface area contributed by atoms with Crippen LogP contribution < -0.4 is 32.3 Å². The van der Waals surface area contributed by atoms with Crippen LogP contribution in [0.2, 0.25) is 0 Å². The lowest BCUT2D eigenvalue weighted by Gasteiger charge is -2.25. The predicted octanol–water partition coefficient (Wildman–Crippen LogP) is -0.101. The number of halogens is 1. The number of rotatable bonds is 23. The number of amides is 6. The third-order valence-electron chi connectivity index (χ3n) is 8.51. The van der Waals surface area contributed by atoms with Crippen molar-refractivity contribution >= 4 is 64.1 Å². The second-order valence-corrected chi connectivity index (χ2v) is 12.9. The van der Waals surface area contributed by atoms with Gasteiger partial charge in [0.25, 0.3) is 0 Å². The molecule has 0 bridgehead atoms. The van der Waals surface area contributed by atoms with Crippen LogP contribution in [0.5, 0.6) is 0 Å². The summed E-state index contributed by atoms with van der Waals surface area (Å²) in [7, 11) is 0. The van der Waals surface area contributed by atoms with Crippen molar-refractivity contribution in [2.45, 2.75) is 75.5 Å². The highest BCUT2D eigenvalue weighted by atomic mass is 19.1. The van der Waals surface area contributed by atoms with Crippen LogP contribution in [0.25, 0.3) is 10.8 Å².